The van der Waals surface area contributed by atoms with Crippen LogP contribution in [0.2, 0.25) is 0 Å². The van der Waals surface area contributed by atoms with Crippen molar-refractivity contribution in [1.82, 2.24) is 9.97 Å². The fourth-order valence-corrected chi connectivity index (χ4v) is 3.37. The number of pyridine rings is 1. The SMILES string of the molecule is CC(=O)C(=O)Nc1cccc(-c2c[nH]c3ncc(CC(=O)OCc4cccc(F)c4)cc23)c1. The molecule has 2 N–H and O–H groups in total. The average molecular weight is 445 g/mol. The summed E-state index contributed by atoms with van der Waals surface area (Å²) in [5.74, 6) is -2.10. The monoisotopic (exact) mass is 445 g/mol. The van der Waals surface area contributed by atoms with Gasteiger partial charge in [0.25, 0.3) is 5.91 Å². The van der Waals surface area contributed by atoms with Crippen LogP contribution < -0.4 is 5.32 Å². The number of H-pyrrole nitrogens is 1. The summed E-state index contributed by atoms with van der Waals surface area (Å²) in [5, 5.41) is 3.35. The number of nitrogens with zero attached hydrogens (tertiary/aromatic N) is 1. The highest BCUT2D eigenvalue weighted by Gasteiger charge is 2.13. The van der Waals surface area contributed by atoms with Gasteiger partial charge in [0.1, 0.15) is 18.1 Å². The average Bonchev–Trinajstić information content (AvgIpc) is 3.21. The Morgan fingerprint density at radius 1 is 1.06 bits per heavy atom. The maximum absolute atomic E-state index is 13.3. The lowest BCUT2D eigenvalue weighted by Crippen LogP contribution is -2.19. The number of aromatic amines is 1. The summed E-state index contributed by atoms with van der Waals surface area (Å²) in [4.78, 5) is 42.7. The summed E-state index contributed by atoms with van der Waals surface area (Å²) in [5.41, 5.74) is 3.99. The number of rotatable bonds is 7. The first-order chi connectivity index (χ1) is 15.9. The van der Waals surface area contributed by atoms with Crippen LogP contribution in [0.4, 0.5) is 10.1 Å². The molecule has 0 unspecified atom stereocenters. The van der Waals surface area contributed by atoms with E-state index in [1.165, 1.54) is 19.1 Å². The molecule has 0 saturated heterocycles. The minimum absolute atomic E-state index is 0.0115. The van der Waals surface area contributed by atoms with E-state index in [0.717, 1.165) is 16.5 Å². The zero-order valence-electron chi connectivity index (χ0n) is 17.7. The summed E-state index contributed by atoms with van der Waals surface area (Å²) < 4.78 is 18.5. The molecule has 1 amide bonds. The van der Waals surface area contributed by atoms with Crippen molar-refractivity contribution in [2.24, 2.45) is 0 Å². The second-order valence-corrected chi connectivity index (χ2v) is 7.50. The van der Waals surface area contributed by atoms with Crippen molar-refractivity contribution < 1.29 is 23.5 Å². The zero-order valence-corrected chi connectivity index (χ0v) is 17.7. The summed E-state index contributed by atoms with van der Waals surface area (Å²) in [6.45, 7) is 1.19. The number of Topliss-reactive ketones (excluding diaryl/α,β-unsaturated/α-hetero) is 1. The van der Waals surface area contributed by atoms with Crippen LogP contribution in [0.15, 0.2) is 67.0 Å². The van der Waals surface area contributed by atoms with E-state index in [9.17, 15) is 18.8 Å². The van der Waals surface area contributed by atoms with E-state index in [4.69, 9.17) is 4.74 Å². The Hall–Kier alpha value is -4.33. The fraction of sp³-hybridized carbons (Fsp3) is 0.120. The van der Waals surface area contributed by atoms with Gasteiger partial charge in [-0.2, -0.15) is 0 Å². The molecule has 0 bridgehead atoms. The third-order valence-electron chi connectivity index (χ3n) is 4.98. The van der Waals surface area contributed by atoms with Crippen LogP contribution in [0.25, 0.3) is 22.2 Å². The standard InChI is InChI=1S/C25H20FN3O4/c1-15(30)25(32)29-20-7-3-5-18(11-20)22-13-28-24-21(22)9-17(12-27-24)10-23(31)33-14-16-4-2-6-19(26)8-16/h2-9,11-13H,10,14H2,1H3,(H,27,28)(H,29,32). The quantitative estimate of drug-likeness (QED) is 0.328. The molecule has 0 atom stereocenters. The van der Waals surface area contributed by atoms with Gasteiger partial charge in [-0.1, -0.05) is 24.3 Å². The van der Waals surface area contributed by atoms with E-state index < -0.39 is 17.7 Å². The molecule has 0 aliphatic carbocycles. The zero-order chi connectivity index (χ0) is 23.4. The normalized spacial score (nSPS) is 10.7. The Balaban J connectivity index is 1.51. The first-order valence-electron chi connectivity index (χ1n) is 10.2. The number of carbonyl (C=O) groups excluding carboxylic acids is 3. The van der Waals surface area contributed by atoms with Crippen molar-refractivity contribution in [2.75, 3.05) is 5.32 Å². The molecule has 0 aliphatic heterocycles. The van der Waals surface area contributed by atoms with Gasteiger partial charge in [-0.05, 0) is 47.0 Å². The number of carbonyl (C=O) groups is 3. The Morgan fingerprint density at radius 2 is 1.88 bits per heavy atom. The van der Waals surface area contributed by atoms with E-state index in [1.807, 2.05) is 12.1 Å². The van der Waals surface area contributed by atoms with E-state index in [2.05, 4.69) is 15.3 Å². The molecule has 0 aliphatic rings. The van der Waals surface area contributed by atoms with E-state index in [-0.39, 0.29) is 18.8 Å². The molecule has 7 nitrogen and oxygen atoms in total. The van der Waals surface area contributed by atoms with Crippen molar-refractivity contribution in [2.45, 2.75) is 20.0 Å². The number of hydrogen-bond acceptors (Lipinski definition) is 5. The topological polar surface area (TPSA) is 101 Å². The van der Waals surface area contributed by atoms with Crippen molar-refractivity contribution in [3.05, 3.63) is 83.9 Å². The second kappa shape index (κ2) is 9.44. The van der Waals surface area contributed by atoms with Gasteiger partial charge in [0, 0.05) is 36.0 Å². The van der Waals surface area contributed by atoms with Gasteiger partial charge in [-0.25, -0.2) is 9.37 Å². The lowest BCUT2D eigenvalue weighted by atomic mass is 10.0. The number of aromatic nitrogens is 2. The van der Waals surface area contributed by atoms with Gasteiger partial charge >= 0.3 is 5.97 Å². The van der Waals surface area contributed by atoms with Gasteiger partial charge in [0.05, 0.1) is 6.42 Å². The van der Waals surface area contributed by atoms with Crippen LogP contribution in [-0.4, -0.2) is 27.6 Å². The van der Waals surface area contributed by atoms with Crippen molar-refractivity contribution >= 4 is 34.4 Å². The van der Waals surface area contributed by atoms with Crippen molar-refractivity contribution in [3.63, 3.8) is 0 Å². The molecule has 33 heavy (non-hydrogen) atoms. The molecule has 8 heteroatoms. The molecule has 2 heterocycles. The highest BCUT2D eigenvalue weighted by Crippen LogP contribution is 2.30. The molecule has 166 valence electrons. The van der Waals surface area contributed by atoms with Gasteiger partial charge in [0.15, 0.2) is 0 Å². The minimum atomic E-state index is -0.688. The van der Waals surface area contributed by atoms with Crippen LogP contribution in [0.1, 0.15) is 18.1 Å². The summed E-state index contributed by atoms with van der Waals surface area (Å²) in [7, 11) is 0. The molecular weight excluding hydrogens is 425 g/mol. The Labute approximate surface area is 188 Å². The highest BCUT2D eigenvalue weighted by molar-refractivity contribution is 6.39. The van der Waals surface area contributed by atoms with Crippen LogP contribution in [0.5, 0.6) is 0 Å². The number of ether oxygens (including phenoxy) is 1. The van der Waals surface area contributed by atoms with Crippen molar-refractivity contribution in [3.8, 4) is 11.1 Å². The van der Waals surface area contributed by atoms with E-state index >= 15 is 0 Å². The largest absolute Gasteiger partial charge is 0.461 e. The molecule has 0 fully saturated rings. The lowest BCUT2D eigenvalue weighted by Gasteiger charge is -2.07. The number of amides is 1. The van der Waals surface area contributed by atoms with Crippen LogP contribution in [0.3, 0.4) is 0 Å². The molecule has 0 radical (unpaired) electrons. The summed E-state index contributed by atoms with van der Waals surface area (Å²) >= 11 is 0. The number of nitrogens with one attached hydrogen (secondary N) is 2. The Bertz CT molecular complexity index is 1360. The Morgan fingerprint density at radius 3 is 2.67 bits per heavy atom. The Kier molecular flexibility index (Phi) is 6.26. The van der Waals surface area contributed by atoms with Gasteiger partial charge in [-0.15, -0.1) is 0 Å². The number of halogens is 1. The predicted octanol–water partition coefficient (Wildman–Crippen LogP) is 4.18. The maximum atomic E-state index is 13.3. The van der Waals surface area contributed by atoms with Gasteiger partial charge in [0.2, 0.25) is 5.78 Å². The van der Waals surface area contributed by atoms with Crippen LogP contribution >= 0.6 is 0 Å². The number of ketones is 1. The molecule has 2 aromatic carbocycles. The van der Waals surface area contributed by atoms with Gasteiger partial charge < -0.3 is 15.0 Å². The molecule has 0 saturated carbocycles. The second-order valence-electron chi connectivity index (χ2n) is 7.50. The number of benzene rings is 2. The van der Waals surface area contributed by atoms with Crippen LogP contribution in [0, 0.1) is 5.82 Å². The third kappa shape index (κ3) is 5.30. The highest BCUT2D eigenvalue weighted by atomic mass is 19.1. The number of hydrogen-bond donors (Lipinski definition) is 2. The van der Waals surface area contributed by atoms with E-state index in [0.29, 0.717) is 22.5 Å². The summed E-state index contributed by atoms with van der Waals surface area (Å²) in [6.07, 6.45) is 3.39. The number of anilines is 1. The van der Waals surface area contributed by atoms with Crippen molar-refractivity contribution in [1.29, 1.82) is 0 Å². The maximum Gasteiger partial charge on any atom is 0.310 e. The fourth-order valence-electron chi connectivity index (χ4n) is 3.37. The smallest absolute Gasteiger partial charge is 0.310 e. The molecule has 4 rings (SSSR count). The molecule has 4 aromatic rings. The first-order valence-corrected chi connectivity index (χ1v) is 10.2. The molecule has 0 spiro atoms. The van der Waals surface area contributed by atoms with Gasteiger partial charge in [-0.3, -0.25) is 14.4 Å². The molecular formula is C25H20FN3O4. The van der Waals surface area contributed by atoms with E-state index in [1.54, 1.807) is 42.7 Å². The van der Waals surface area contributed by atoms with Crippen LogP contribution in [-0.2, 0) is 32.1 Å². The predicted molar refractivity (Wildman–Crippen MR) is 121 cm³/mol. The number of fused-ring (bicyclic) bond motifs is 1. The third-order valence-corrected chi connectivity index (χ3v) is 4.98. The lowest BCUT2D eigenvalue weighted by molar-refractivity contribution is -0.144. The number of esters is 1. The molecule has 2 aromatic heterocycles. The minimum Gasteiger partial charge on any atom is -0.461 e. The summed E-state index contributed by atoms with van der Waals surface area (Å²) in [6, 6.07) is 14.8. The first kappa shape index (κ1) is 21.9.